The van der Waals surface area contributed by atoms with Crippen LogP contribution in [-0.4, -0.2) is 21.9 Å². The Morgan fingerprint density at radius 3 is 2.75 bits per heavy atom. The molecular formula is C14H18N4OS. The zero-order chi connectivity index (χ0) is 14.4. The van der Waals surface area contributed by atoms with Crippen molar-refractivity contribution in [1.29, 1.82) is 0 Å². The molecule has 2 rings (SSSR count). The Labute approximate surface area is 122 Å². The van der Waals surface area contributed by atoms with Gasteiger partial charge < -0.3 is 11.1 Å². The maximum Gasteiger partial charge on any atom is 0.219 e. The lowest BCUT2D eigenvalue weighted by atomic mass is 10.2. The van der Waals surface area contributed by atoms with Crippen LogP contribution >= 0.6 is 11.8 Å². The molecule has 1 aromatic carbocycles. The van der Waals surface area contributed by atoms with Gasteiger partial charge >= 0.3 is 0 Å². The number of aryl methyl sites for hydroxylation is 1. The predicted octanol–water partition coefficient (Wildman–Crippen LogP) is 2.09. The van der Waals surface area contributed by atoms with Crippen molar-refractivity contribution in [3.8, 4) is 0 Å². The molecule has 0 fully saturated rings. The highest BCUT2D eigenvalue weighted by atomic mass is 32.2. The zero-order valence-corrected chi connectivity index (χ0v) is 12.2. The molecule has 0 spiro atoms. The molecule has 0 radical (unpaired) electrons. The van der Waals surface area contributed by atoms with Crippen LogP contribution in [0.15, 0.2) is 41.4 Å². The molecule has 1 aromatic heterocycles. The first-order chi connectivity index (χ1) is 9.67. The topological polar surface area (TPSA) is 72.9 Å². The number of nitrogens with two attached hydrogens (primary N) is 1. The summed E-state index contributed by atoms with van der Waals surface area (Å²) in [6.07, 6.45) is 4.20. The molecule has 20 heavy (non-hydrogen) atoms. The van der Waals surface area contributed by atoms with Crippen molar-refractivity contribution in [2.24, 2.45) is 5.73 Å². The summed E-state index contributed by atoms with van der Waals surface area (Å²) in [5.74, 6) is 0.479. The number of benzene rings is 1. The number of thioether (sulfide) groups is 1. The minimum atomic E-state index is -0.316. The average molecular weight is 290 g/mol. The van der Waals surface area contributed by atoms with Crippen LogP contribution in [0.4, 0.5) is 5.82 Å². The molecule has 1 amide bonds. The first-order valence-corrected chi connectivity index (χ1v) is 7.58. The van der Waals surface area contributed by atoms with Gasteiger partial charge in [-0.25, -0.2) is 0 Å². The third kappa shape index (κ3) is 4.31. The van der Waals surface area contributed by atoms with Gasteiger partial charge in [-0.1, -0.05) is 12.1 Å². The Balaban J connectivity index is 1.85. The van der Waals surface area contributed by atoms with E-state index in [4.69, 9.17) is 5.73 Å². The van der Waals surface area contributed by atoms with Gasteiger partial charge in [-0.3, -0.25) is 9.48 Å². The van der Waals surface area contributed by atoms with E-state index in [2.05, 4.69) is 40.9 Å². The third-order valence-corrected chi connectivity index (χ3v) is 3.60. The molecule has 0 atom stereocenters. The van der Waals surface area contributed by atoms with Crippen molar-refractivity contribution < 1.29 is 4.79 Å². The maximum atomic E-state index is 10.7. The van der Waals surface area contributed by atoms with Gasteiger partial charge in [0.2, 0.25) is 5.91 Å². The van der Waals surface area contributed by atoms with E-state index < -0.39 is 0 Å². The molecule has 0 aliphatic rings. The third-order valence-electron chi connectivity index (χ3n) is 2.86. The number of primary amides is 1. The fraction of sp³-hybridized carbons (Fsp3) is 0.286. The highest BCUT2D eigenvalue weighted by Crippen LogP contribution is 2.15. The van der Waals surface area contributed by atoms with Crippen molar-refractivity contribution in [3.05, 3.63) is 42.1 Å². The van der Waals surface area contributed by atoms with E-state index in [-0.39, 0.29) is 5.91 Å². The van der Waals surface area contributed by atoms with Crippen LogP contribution in [0.3, 0.4) is 0 Å². The lowest BCUT2D eigenvalue weighted by Gasteiger charge is -2.04. The molecule has 2 aromatic rings. The Morgan fingerprint density at radius 1 is 1.35 bits per heavy atom. The Bertz CT molecular complexity index is 565. The minimum Gasteiger partial charge on any atom is -0.370 e. The molecule has 0 unspecified atom stereocenters. The quantitative estimate of drug-likeness (QED) is 0.766. The Hall–Kier alpha value is -1.95. The number of hydrogen-bond acceptors (Lipinski definition) is 4. The van der Waals surface area contributed by atoms with Crippen LogP contribution in [0.1, 0.15) is 12.0 Å². The van der Waals surface area contributed by atoms with Crippen LogP contribution in [0, 0.1) is 0 Å². The molecule has 0 aliphatic carbocycles. The van der Waals surface area contributed by atoms with Gasteiger partial charge in [-0.05, 0) is 24.0 Å². The molecule has 0 saturated heterocycles. The van der Waals surface area contributed by atoms with Crippen LogP contribution in [0.2, 0.25) is 0 Å². The second-order valence-corrected chi connectivity index (χ2v) is 5.26. The highest BCUT2D eigenvalue weighted by Gasteiger charge is 2.01. The molecule has 5 nitrogen and oxygen atoms in total. The largest absolute Gasteiger partial charge is 0.370 e. The van der Waals surface area contributed by atoms with Crippen LogP contribution in [0.25, 0.3) is 0 Å². The van der Waals surface area contributed by atoms with E-state index in [0.717, 1.165) is 12.4 Å². The van der Waals surface area contributed by atoms with E-state index in [0.29, 0.717) is 13.0 Å². The summed E-state index contributed by atoms with van der Waals surface area (Å²) in [5, 5.41) is 7.58. The number of aromatic nitrogens is 2. The standard InChI is InChI=1S/C14H18N4OS/c1-20-12-4-2-11(3-5-12)10-16-14-7-9-18(17-14)8-6-13(15)19/h2-5,7,9H,6,8,10H2,1H3,(H2,15,19)(H,16,17). The van der Waals surface area contributed by atoms with Crippen molar-refractivity contribution in [2.75, 3.05) is 11.6 Å². The summed E-state index contributed by atoms with van der Waals surface area (Å²) in [5.41, 5.74) is 6.31. The van der Waals surface area contributed by atoms with E-state index in [1.165, 1.54) is 10.5 Å². The molecule has 0 bridgehead atoms. The first-order valence-electron chi connectivity index (χ1n) is 6.36. The molecular weight excluding hydrogens is 272 g/mol. The summed E-state index contributed by atoms with van der Waals surface area (Å²) in [7, 11) is 0. The fourth-order valence-electron chi connectivity index (χ4n) is 1.74. The molecule has 3 N–H and O–H groups in total. The van der Waals surface area contributed by atoms with E-state index in [1.54, 1.807) is 16.4 Å². The molecule has 1 heterocycles. The number of anilines is 1. The SMILES string of the molecule is CSc1ccc(CNc2ccn(CCC(N)=O)n2)cc1. The van der Waals surface area contributed by atoms with Gasteiger partial charge in [-0.15, -0.1) is 11.8 Å². The predicted molar refractivity (Wildman–Crippen MR) is 81.6 cm³/mol. The average Bonchev–Trinajstić information content (AvgIpc) is 2.91. The zero-order valence-electron chi connectivity index (χ0n) is 11.4. The normalized spacial score (nSPS) is 10.4. The summed E-state index contributed by atoms with van der Waals surface area (Å²) in [6, 6.07) is 10.3. The summed E-state index contributed by atoms with van der Waals surface area (Å²) in [6.45, 7) is 1.24. The van der Waals surface area contributed by atoms with Gasteiger partial charge in [0, 0.05) is 36.7 Å². The number of nitrogens with one attached hydrogen (secondary N) is 1. The minimum absolute atomic E-state index is 0.303. The summed E-state index contributed by atoms with van der Waals surface area (Å²) in [4.78, 5) is 12.0. The second kappa shape index (κ2) is 7.00. The van der Waals surface area contributed by atoms with E-state index in [9.17, 15) is 4.79 Å². The lowest BCUT2D eigenvalue weighted by Crippen LogP contribution is -2.14. The van der Waals surface area contributed by atoms with Gasteiger partial charge in [0.1, 0.15) is 5.82 Å². The van der Waals surface area contributed by atoms with Crippen molar-refractivity contribution in [2.45, 2.75) is 24.4 Å². The number of rotatable bonds is 7. The van der Waals surface area contributed by atoms with Gasteiger partial charge in [0.05, 0.1) is 0 Å². The van der Waals surface area contributed by atoms with Crippen LogP contribution in [0.5, 0.6) is 0 Å². The number of carbonyl (C=O) groups excluding carboxylic acids is 1. The highest BCUT2D eigenvalue weighted by molar-refractivity contribution is 7.98. The smallest absolute Gasteiger partial charge is 0.219 e. The van der Waals surface area contributed by atoms with Crippen LogP contribution < -0.4 is 11.1 Å². The monoisotopic (exact) mass is 290 g/mol. The Kier molecular flexibility index (Phi) is 5.06. The lowest BCUT2D eigenvalue weighted by molar-refractivity contribution is -0.118. The van der Waals surface area contributed by atoms with Gasteiger partial charge in [-0.2, -0.15) is 5.10 Å². The first kappa shape index (κ1) is 14.5. The van der Waals surface area contributed by atoms with Crippen molar-refractivity contribution in [3.63, 3.8) is 0 Å². The molecule has 6 heteroatoms. The van der Waals surface area contributed by atoms with Gasteiger partial charge in [0.25, 0.3) is 0 Å². The van der Waals surface area contributed by atoms with Crippen LogP contribution in [-0.2, 0) is 17.9 Å². The van der Waals surface area contributed by atoms with E-state index in [1.807, 2.05) is 12.3 Å². The van der Waals surface area contributed by atoms with Crippen molar-refractivity contribution >= 4 is 23.5 Å². The van der Waals surface area contributed by atoms with E-state index >= 15 is 0 Å². The Morgan fingerprint density at radius 2 is 2.10 bits per heavy atom. The number of nitrogens with zero attached hydrogens (tertiary/aromatic N) is 2. The maximum absolute atomic E-state index is 10.7. The van der Waals surface area contributed by atoms with Gasteiger partial charge in [0.15, 0.2) is 0 Å². The number of carbonyl (C=O) groups is 1. The molecule has 106 valence electrons. The van der Waals surface area contributed by atoms with Crippen molar-refractivity contribution in [1.82, 2.24) is 9.78 Å². The summed E-state index contributed by atoms with van der Waals surface area (Å²) >= 11 is 1.73. The second-order valence-electron chi connectivity index (χ2n) is 4.38. The molecule has 0 saturated carbocycles. The summed E-state index contributed by atoms with van der Waals surface area (Å²) < 4.78 is 1.71. The number of hydrogen-bond donors (Lipinski definition) is 2. The fourth-order valence-corrected chi connectivity index (χ4v) is 2.15. The number of amides is 1. The molecule has 0 aliphatic heterocycles.